The van der Waals surface area contributed by atoms with Crippen LogP contribution in [-0.2, 0) is 12.0 Å². The minimum absolute atomic E-state index is 0.153. The van der Waals surface area contributed by atoms with Crippen molar-refractivity contribution in [2.24, 2.45) is 0 Å². The number of nitrogens with zero attached hydrogens (tertiary/aromatic N) is 2. The fourth-order valence-electron chi connectivity index (χ4n) is 2.02. The lowest BCUT2D eigenvalue weighted by Gasteiger charge is -2.19. The van der Waals surface area contributed by atoms with Crippen molar-refractivity contribution in [1.29, 1.82) is 0 Å². The summed E-state index contributed by atoms with van der Waals surface area (Å²) < 4.78 is 5.76. The summed E-state index contributed by atoms with van der Waals surface area (Å²) in [5, 5.41) is 3.02. The first-order valence-electron chi connectivity index (χ1n) is 7.14. The van der Waals surface area contributed by atoms with Gasteiger partial charge in [-0.05, 0) is 30.0 Å². The van der Waals surface area contributed by atoms with Gasteiger partial charge in [0.05, 0.1) is 0 Å². The van der Waals surface area contributed by atoms with Crippen LogP contribution in [0, 0.1) is 6.92 Å². The molecule has 2 rings (SSSR count). The van der Waals surface area contributed by atoms with Crippen LogP contribution in [0.15, 0.2) is 30.3 Å². The van der Waals surface area contributed by atoms with Gasteiger partial charge in [-0.25, -0.2) is 9.97 Å². The second-order valence-electron chi connectivity index (χ2n) is 6.12. The Morgan fingerprint density at radius 1 is 1.10 bits per heavy atom. The number of rotatable bonds is 4. The number of hydrogen-bond acceptors (Lipinski definition) is 4. The SMILES string of the molecule is CNc1cc(C)nc(COc2ccc(C(C)(C)C)cc2)n1. The molecule has 4 nitrogen and oxygen atoms in total. The topological polar surface area (TPSA) is 47.0 Å². The number of nitrogens with one attached hydrogen (secondary N) is 1. The number of benzene rings is 1. The zero-order valence-corrected chi connectivity index (χ0v) is 13.4. The number of ether oxygens (including phenoxy) is 1. The number of anilines is 1. The van der Waals surface area contributed by atoms with Crippen LogP contribution in [0.5, 0.6) is 5.75 Å². The monoisotopic (exact) mass is 285 g/mol. The Morgan fingerprint density at radius 3 is 2.33 bits per heavy atom. The molecular weight excluding hydrogens is 262 g/mol. The van der Waals surface area contributed by atoms with E-state index in [2.05, 4.69) is 48.2 Å². The molecule has 0 saturated heterocycles. The lowest BCUT2D eigenvalue weighted by atomic mass is 9.87. The first kappa shape index (κ1) is 15.3. The van der Waals surface area contributed by atoms with Crippen molar-refractivity contribution in [3.8, 4) is 5.75 Å². The Labute approximate surface area is 126 Å². The van der Waals surface area contributed by atoms with Gasteiger partial charge in [0.1, 0.15) is 18.2 Å². The molecule has 1 N–H and O–H groups in total. The van der Waals surface area contributed by atoms with E-state index < -0.39 is 0 Å². The Hall–Kier alpha value is -2.10. The molecule has 0 unspecified atom stereocenters. The van der Waals surface area contributed by atoms with Gasteiger partial charge < -0.3 is 10.1 Å². The van der Waals surface area contributed by atoms with Crippen molar-refractivity contribution < 1.29 is 4.74 Å². The molecule has 21 heavy (non-hydrogen) atoms. The van der Waals surface area contributed by atoms with Crippen molar-refractivity contribution in [3.63, 3.8) is 0 Å². The Morgan fingerprint density at radius 2 is 1.76 bits per heavy atom. The quantitative estimate of drug-likeness (QED) is 0.930. The molecule has 0 spiro atoms. The molecule has 112 valence electrons. The van der Waals surface area contributed by atoms with E-state index in [0.29, 0.717) is 12.4 Å². The van der Waals surface area contributed by atoms with Crippen LogP contribution in [-0.4, -0.2) is 17.0 Å². The van der Waals surface area contributed by atoms with Crippen molar-refractivity contribution in [3.05, 3.63) is 47.4 Å². The Kier molecular flexibility index (Phi) is 4.46. The molecule has 1 aromatic heterocycles. The van der Waals surface area contributed by atoms with E-state index in [0.717, 1.165) is 17.3 Å². The highest BCUT2D eigenvalue weighted by Gasteiger charge is 2.13. The summed E-state index contributed by atoms with van der Waals surface area (Å²) in [6.07, 6.45) is 0. The van der Waals surface area contributed by atoms with Crippen LogP contribution in [0.1, 0.15) is 37.9 Å². The fourth-order valence-corrected chi connectivity index (χ4v) is 2.02. The highest BCUT2D eigenvalue weighted by atomic mass is 16.5. The van der Waals surface area contributed by atoms with Gasteiger partial charge in [-0.1, -0.05) is 32.9 Å². The van der Waals surface area contributed by atoms with Crippen LogP contribution in [0.2, 0.25) is 0 Å². The lowest BCUT2D eigenvalue weighted by Crippen LogP contribution is -2.10. The van der Waals surface area contributed by atoms with E-state index in [-0.39, 0.29) is 5.41 Å². The molecule has 0 amide bonds. The number of aromatic nitrogens is 2. The van der Waals surface area contributed by atoms with E-state index in [1.165, 1.54) is 5.56 Å². The Bertz CT molecular complexity index is 600. The lowest BCUT2D eigenvalue weighted by molar-refractivity contribution is 0.295. The minimum Gasteiger partial charge on any atom is -0.486 e. The minimum atomic E-state index is 0.153. The van der Waals surface area contributed by atoms with E-state index in [1.54, 1.807) is 0 Å². The van der Waals surface area contributed by atoms with Crippen molar-refractivity contribution in [2.75, 3.05) is 12.4 Å². The van der Waals surface area contributed by atoms with E-state index >= 15 is 0 Å². The third kappa shape index (κ3) is 4.18. The molecule has 4 heteroatoms. The summed E-state index contributed by atoms with van der Waals surface area (Å²) in [6, 6.07) is 10.1. The zero-order valence-electron chi connectivity index (χ0n) is 13.4. The molecule has 1 aromatic carbocycles. The Balaban J connectivity index is 2.05. The molecule has 1 heterocycles. The molecule has 0 aliphatic rings. The van der Waals surface area contributed by atoms with Crippen LogP contribution in [0.25, 0.3) is 0 Å². The van der Waals surface area contributed by atoms with E-state index in [9.17, 15) is 0 Å². The van der Waals surface area contributed by atoms with Gasteiger partial charge >= 0.3 is 0 Å². The molecule has 0 aliphatic heterocycles. The maximum absolute atomic E-state index is 5.76. The first-order valence-corrected chi connectivity index (χ1v) is 7.14. The zero-order chi connectivity index (χ0) is 15.5. The van der Waals surface area contributed by atoms with Gasteiger partial charge in [0.2, 0.25) is 0 Å². The first-order chi connectivity index (χ1) is 9.88. The molecule has 0 atom stereocenters. The average molecular weight is 285 g/mol. The predicted octanol–water partition coefficient (Wildman–Crippen LogP) is 3.70. The fraction of sp³-hybridized carbons (Fsp3) is 0.412. The third-order valence-electron chi connectivity index (χ3n) is 3.24. The van der Waals surface area contributed by atoms with Crippen molar-refractivity contribution in [1.82, 2.24) is 9.97 Å². The number of aryl methyl sites for hydroxylation is 1. The summed E-state index contributed by atoms with van der Waals surface area (Å²) in [5.41, 5.74) is 2.37. The van der Waals surface area contributed by atoms with Crippen LogP contribution in [0.4, 0.5) is 5.82 Å². The van der Waals surface area contributed by atoms with Gasteiger partial charge in [0.15, 0.2) is 5.82 Å². The highest BCUT2D eigenvalue weighted by Crippen LogP contribution is 2.24. The normalized spacial score (nSPS) is 11.3. The molecule has 0 bridgehead atoms. The maximum atomic E-state index is 5.76. The predicted molar refractivity (Wildman–Crippen MR) is 85.8 cm³/mol. The van der Waals surface area contributed by atoms with E-state index in [1.807, 2.05) is 32.2 Å². The van der Waals surface area contributed by atoms with Gasteiger partial charge in [0.25, 0.3) is 0 Å². The summed E-state index contributed by atoms with van der Waals surface area (Å²) in [7, 11) is 1.84. The van der Waals surface area contributed by atoms with Gasteiger partial charge in [-0.15, -0.1) is 0 Å². The van der Waals surface area contributed by atoms with Crippen LogP contribution >= 0.6 is 0 Å². The van der Waals surface area contributed by atoms with E-state index in [4.69, 9.17) is 4.74 Å². The largest absolute Gasteiger partial charge is 0.486 e. The molecule has 0 aliphatic carbocycles. The summed E-state index contributed by atoms with van der Waals surface area (Å²) >= 11 is 0. The van der Waals surface area contributed by atoms with Gasteiger partial charge in [-0.3, -0.25) is 0 Å². The molecule has 0 fully saturated rings. The summed E-state index contributed by atoms with van der Waals surface area (Å²) in [5.74, 6) is 2.32. The van der Waals surface area contributed by atoms with Gasteiger partial charge in [-0.2, -0.15) is 0 Å². The molecular formula is C17H23N3O. The average Bonchev–Trinajstić information content (AvgIpc) is 2.44. The third-order valence-corrected chi connectivity index (χ3v) is 3.24. The highest BCUT2D eigenvalue weighted by molar-refractivity contribution is 5.35. The summed E-state index contributed by atoms with van der Waals surface area (Å²) in [4.78, 5) is 8.75. The van der Waals surface area contributed by atoms with Crippen LogP contribution in [0.3, 0.4) is 0 Å². The second kappa shape index (κ2) is 6.12. The number of hydrogen-bond donors (Lipinski definition) is 1. The van der Waals surface area contributed by atoms with Crippen LogP contribution < -0.4 is 10.1 Å². The van der Waals surface area contributed by atoms with Crippen molar-refractivity contribution >= 4 is 5.82 Å². The molecule has 2 aromatic rings. The maximum Gasteiger partial charge on any atom is 0.168 e. The second-order valence-corrected chi connectivity index (χ2v) is 6.12. The summed E-state index contributed by atoms with van der Waals surface area (Å²) in [6.45, 7) is 8.91. The molecule has 0 saturated carbocycles. The standard InChI is InChI=1S/C17H23N3O/c1-12-10-15(18-5)20-16(19-12)11-21-14-8-6-13(7-9-14)17(2,3)4/h6-10H,11H2,1-5H3,(H,18,19,20). The smallest absolute Gasteiger partial charge is 0.168 e. The van der Waals surface area contributed by atoms with Gasteiger partial charge in [0, 0.05) is 18.8 Å². The molecule has 0 radical (unpaired) electrons. The van der Waals surface area contributed by atoms with Crippen molar-refractivity contribution in [2.45, 2.75) is 39.7 Å².